The van der Waals surface area contributed by atoms with Gasteiger partial charge in [-0.3, -0.25) is 0 Å². The van der Waals surface area contributed by atoms with Crippen molar-refractivity contribution in [3.8, 4) is 16.9 Å². The molecule has 2 aromatic carbocycles. The van der Waals surface area contributed by atoms with Crippen LogP contribution in [0.1, 0.15) is 0 Å². The van der Waals surface area contributed by atoms with Crippen LogP contribution < -0.4 is 10.5 Å². The lowest BCUT2D eigenvalue weighted by Gasteiger charge is -2.15. The van der Waals surface area contributed by atoms with E-state index >= 15 is 0 Å². The van der Waals surface area contributed by atoms with Gasteiger partial charge in [-0.15, -0.1) is 0 Å². The SMILES string of the molecule is NCC(Cl)Oc1cc(Cl)ccc1-c1ccccc1. The number of halogens is 2. The van der Waals surface area contributed by atoms with E-state index < -0.39 is 5.56 Å². The molecule has 0 aliphatic rings. The highest BCUT2D eigenvalue weighted by Crippen LogP contribution is 2.33. The Bertz CT molecular complexity index is 516. The van der Waals surface area contributed by atoms with E-state index in [-0.39, 0.29) is 6.54 Å². The molecule has 2 N–H and O–H groups in total. The van der Waals surface area contributed by atoms with Crippen LogP contribution in [0.15, 0.2) is 48.5 Å². The van der Waals surface area contributed by atoms with E-state index in [9.17, 15) is 0 Å². The van der Waals surface area contributed by atoms with Crippen LogP contribution in [0.3, 0.4) is 0 Å². The molecular formula is C14H13Cl2NO. The molecule has 0 radical (unpaired) electrons. The minimum Gasteiger partial charge on any atom is -0.473 e. The first-order chi connectivity index (χ1) is 8.70. The van der Waals surface area contributed by atoms with Gasteiger partial charge in [0.1, 0.15) is 5.75 Å². The van der Waals surface area contributed by atoms with E-state index in [2.05, 4.69) is 0 Å². The van der Waals surface area contributed by atoms with Gasteiger partial charge in [-0.1, -0.05) is 53.5 Å². The Morgan fingerprint density at radius 3 is 2.50 bits per heavy atom. The molecule has 18 heavy (non-hydrogen) atoms. The van der Waals surface area contributed by atoms with Crippen molar-refractivity contribution in [1.29, 1.82) is 0 Å². The Kier molecular flexibility index (Phi) is 4.48. The maximum Gasteiger partial charge on any atom is 0.184 e. The van der Waals surface area contributed by atoms with Gasteiger partial charge in [0, 0.05) is 17.1 Å². The molecule has 1 unspecified atom stereocenters. The molecule has 0 fully saturated rings. The minimum absolute atomic E-state index is 0.238. The molecule has 0 heterocycles. The van der Waals surface area contributed by atoms with Crippen molar-refractivity contribution < 1.29 is 4.74 Å². The summed E-state index contributed by atoms with van der Waals surface area (Å²) in [5.41, 5.74) is 6.88. The molecule has 0 saturated carbocycles. The maximum atomic E-state index is 5.98. The summed E-state index contributed by atoms with van der Waals surface area (Å²) < 4.78 is 5.59. The van der Waals surface area contributed by atoms with E-state index in [4.69, 9.17) is 33.7 Å². The molecule has 2 nitrogen and oxygen atoms in total. The predicted octanol–water partition coefficient (Wildman–Crippen LogP) is 3.91. The lowest BCUT2D eigenvalue weighted by atomic mass is 10.1. The molecule has 0 aliphatic carbocycles. The summed E-state index contributed by atoms with van der Waals surface area (Å²) in [4.78, 5) is 0. The fourth-order valence-corrected chi connectivity index (χ4v) is 1.89. The highest BCUT2D eigenvalue weighted by molar-refractivity contribution is 6.30. The summed E-state index contributed by atoms with van der Waals surface area (Å²) in [5.74, 6) is 0.638. The molecule has 2 aromatic rings. The predicted molar refractivity (Wildman–Crippen MR) is 76.2 cm³/mol. The fourth-order valence-electron chi connectivity index (χ4n) is 1.64. The molecule has 1 atom stereocenters. The maximum absolute atomic E-state index is 5.98. The third kappa shape index (κ3) is 3.16. The molecule has 0 spiro atoms. The fraction of sp³-hybridized carbons (Fsp3) is 0.143. The highest BCUT2D eigenvalue weighted by Gasteiger charge is 2.10. The first-order valence-corrected chi connectivity index (χ1v) is 6.38. The third-order valence-electron chi connectivity index (χ3n) is 2.47. The summed E-state index contributed by atoms with van der Waals surface area (Å²) >= 11 is 11.9. The molecule has 4 heteroatoms. The topological polar surface area (TPSA) is 35.2 Å². The van der Waals surface area contributed by atoms with Crippen LogP contribution in [0, 0.1) is 0 Å². The van der Waals surface area contributed by atoms with Crippen molar-refractivity contribution in [3.63, 3.8) is 0 Å². The standard InChI is InChI=1S/C14H13Cl2NO/c15-11-6-7-12(10-4-2-1-3-5-10)13(8-11)18-14(16)9-17/h1-8,14H,9,17H2. The normalized spacial score (nSPS) is 12.2. The van der Waals surface area contributed by atoms with Crippen molar-refractivity contribution in [2.24, 2.45) is 5.73 Å². The molecule has 94 valence electrons. The summed E-state index contributed by atoms with van der Waals surface area (Å²) in [6, 6.07) is 15.4. The highest BCUT2D eigenvalue weighted by atomic mass is 35.5. The average Bonchev–Trinajstić information content (AvgIpc) is 2.40. The number of benzene rings is 2. The number of nitrogens with two attached hydrogens (primary N) is 1. The lowest BCUT2D eigenvalue weighted by Crippen LogP contribution is -2.20. The van der Waals surface area contributed by atoms with Crippen LogP contribution in [-0.4, -0.2) is 12.1 Å². The Morgan fingerprint density at radius 2 is 1.83 bits per heavy atom. The summed E-state index contributed by atoms with van der Waals surface area (Å²) in [6.45, 7) is 0.238. The van der Waals surface area contributed by atoms with E-state index in [1.54, 1.807) is 6.07 Å². The van der Waals surface area contributed by atoms with Crippen LogP contribution in [0.25, 0.3) is 11.1 Å². The van der Waals surface area contributed by atoms with Crippen molar-refractivity contribution in [2.75, 3.05) is 6.54 Å². The van der Waals surface area contributed by atoms with Crippen LogP contribution >= 0.6 is 23.2 Å². The molecule has 0 bridgehead atoms. The molecule has 0 aromatic heterocycles. The lowest BCUT2D eigenvalue weighted by molar-refractivity contribution is 0.290. The Labute approximate surface area is 116 Å². The zero-order valence-electron chi connectivity index (χ0n) is 9.64. The first kappa shape index (κ1) is 13.2. The van der Waals surface area contributed by atoms with Gasteiger partial charge >= 0.3 is 0 Å². The number of ether oxygens (including phenoxy) is 1. The molecular weight excluding hydrogens is 269 g/mol. The van der Waals surface area contributed by atoms with Crippen LogP contribution in [0.5, 0.6) is 5.75 Å². The van der Waals surface area contributed by atoms with Crippen molar-refractivity contribution in [1.82, 2.24) is 0 Å². The quantitative estimate of drug-likeness (QED) is 0.863. The zero-order chi connectivity index (χ0) is 13.0. The van der Waals surface area contributed by atoms with Crippen molar-refractivity contribution >= 4 is 23.2 Å². The summed E-state index contributed by atoms with van der Waals surface area (Å²) in [6.07, 6.45) is 0. The average molecular weight is 282 g/mol. The summed E-state index contributed by atoms with van der Waals surface area (Å²) in [7, 11) is 0. The molecule has 2 rings (SSSR count). The van der Waals surface area contributed by atoms with Crippen LogP contribution in [-0.2, 0) is 0 Å². The first-order valence-electron chi connectivity index (χ1n) is 5.56. The number of hydrogen-bond donors (Lipinski definition) is 1. The van der Waals surface area contributed by atoms with Crippen LogP contribution in [0.4, 0.5) is 0 Å². The third-order valence-corrected chi connectivity index (χ3v) is 2.97. The zero-order valence-corrected chi connectivity index (χ0v) is 11.2. The van der Waals surface area contributed by atoms with Gasteiger partial charge in [0.25, 0.3) is 0 Å². The van der Waals surface area contributed by atoms with Crippen molar-refractivity contribution in [3.05, 3.63) is 53.6 Å². The summed E-state index contributed by atoms with van der Waals surface area (Å²) in [5, 5.41) is 0.602. The van der Waals surface area contributed by atoms with Crippen molar-refractivity contribution in [2.45, 2.75) is 5.56 Å². The molecule has 0 aliphatic heterocycles. The van der Waals surface area contributed by atoms with Gasteiger partial charge in [0.05, 0.1) is 0 Å². The number of rotatable bonds is 4. The van der Waals surface area contributed by atoms with Gasteiger partial charge in [-0.25, -0.2) is 0 Å². The Balaban J connectivity index is 2.41. The second-order valence-corrected chi connectivity index (χ2v) is 4.69. The second-order valence-electron chi connectivity index (χ2n) is 3.77. The number of hydrogen-bond acceptors (Lipinski definition) is 2. The minimum atomic E-state index is -0.564. The molecule has 0 amide bonds. The van der Waals surface area contributed by atoms with E-state index in [0.717, 1.165) is 11.1 Å². The monoisotopic (exact) mass is 281 g/mol. The van der Waals surface area contributed by atoms with Gasteiger partial charge in [0.15, 0.2) is 5.56 Å². The Morgan fingerprint density at radius 1 is 1.11 bits per heavy atom. The van der Waals surface area contributed by atoms with Gasteiger partial charge in [0.2, 0.25) is 0 Å². The van der Waals surface area contributed by atoms with Crippen LogP contribution in [0.2, 0.25) is 5.02 Å². The van der Waals surface area contributed by atoms with E-state index in [1.165, 1.54) is 0 Å². The second kappa shape index (κ2) is 6.10. The Hall–Kier alpha value is -1.22. The van der Waals surface area contributed by atoms with Gasteiger partial charge < -0.3 is 10.5 Å². The molecule has 0 saturated heterocycles. The number of alkyl halides is 1. The van der Waals surface area contributed by atoms with E-state index in [0.29, 0.717) is 10.8 Å². The smallest absolute Gasteiger partial charge is 0.184 e. The van der Waals surface area contributed by atoms with Gasteiger partial charge in [-0.05, 0) is 23.8 Å². The largest absolute Gasteiger partial charge is 0.473 e. The van der Waals surface area contributed by atoms with E-state index in [1.807, 2.05) is 42.5 Å². The van der Waals surface area contributed by atoms with Gasteiger partial charge in [-0.2, -0.15) is 0 Å².